The van der Waals surface area contributed by atoms with Crippen LogP contribution in [0.15, 0.2) is 40.2 Å². The van der Waals surface area contributed by atoms with Crippen LogP contribution in [0.5, 0.6) is 0 Å². The van der Waals surface area contributed by atoms with E-state index in [0.29, 0.717) is 10.5 Å². The van der Waals surface area contributed by atoms with E-state index in [0.717, 1.165) is 31.2 Å². The molecule has 1 aromatic heterocycles. The van der Waals surface area contributed by atoms with Crippen molar-refractivity contribution in [2.24, 2.45) is 0 Å². The van der Waals surface area contributed by atoms with Crippen molar-refractivity contribution in [2.45, 2.75) is 31.7 Å². The van der Waals surface area contributed by atoms with Gasteiger partial charge >= 0.3 is 0 Å². The first kappa shape index (κ1) is 15.7. The number of thiophene rings is 1. The number of halogens is 2. The van der Waals surface area contributed by atoms with Gasteiger partial charge in [-0.3, -0.25) is 0 Å². The molecule has 1 atom stereocenters. The third-order valence-electron chi connectivity index (χ3n) is 3.46. The first-order valence-electron chi connectivity index (χ1n) is 6.83. The zero-order valence-corrected chi connectivity index (χ0v) is 13.9. The van der Waals surface area contributed by atoms with Crippen molar-refractivity contribution < 1.29 is 4.39 Å². The Morgan fingerprint density at radius 1 is 1.30 bits per heavy atom. The summed E-state index contributed by atoms with van der Waals surface area (Å²) in [6, 6.07) is 9.90. The van der Waals surface area contributed by atoms with Gasteiger partial charge in [-0.05, 0) is 71.7 Å². The molecule has 2 aromatic rings. The molecule has 0 aliphatic rings. The molecule has 4 heteroatoms. The van der Waals surface area contributed by atoms with Gasteiger partial charge in [0.1, 0.15) is 5.82 Å². The Morgan fingerprint density at radius 2 is 2.15 bits per heavy atom. The molecule has 0 saturated heterocycles. The van der Waals surface area contributed by atoms with Gasteiger partial charge in [-0.2, -0.15) is 0 Å². The van der Waals surface area contributed by atoms with E-state index in [1.165, 1.54) is 10.9 Å². The molecule has 20 heavy (non-hydrogen) atoms. The SMILES string of the molecule is CNC(CCCc1cccs1)Cc1cccc(F)c1Br. The lowest BCUT2D eigenvalue weighted by atomic mass is 10.0. The molecule has 1 heterocycles. The molecule has 0 aliphatic carbocycles. The van der Waals surface area contributed by atoms with Crippen LogP contribution in [-0.2, 0) is 12.8 Å². The summed E-state index contributed by atoms with van der Waals surface area (Å²) >= 11 is 5.15. The quantitative estimate of drug-likeness (QED) is 0.751. The third kappa shape index (κ3) is 4.40. The van der Waals surface area contributed by atoms with Gasteiger partial charge in [0, 0.05) is 10.9 Å². The molecule has 0 spiro atoms. The molecule has 0 bridgehead atoms. The predicted octanol–water partition coefficient (Wildman–Crippen LogP) is 4.80. The second-order valence-electron chi connectivity index (χ2n) is 4.87. The van der Waals surface area contributed by atoms with Crippen LogP contribution in [0.25, 0.3) is 0 Å². The largest absolute Gasteiger partial charge is 0.317 e. The van der Waals surface area contributed by atoms with E-state index in [1.54, 1.807) is 6.07 Å². The van der Waals surface area contributed by atoms with Crippen molar-refractivity contribution in [3.05, 3.63) is 56.4 Å². The Labute approximate surface area is 132 Å². The number of likely N-dealkylation sites (N-methyl/N-ethyl adjacent to an activating group) is 1. The molecule has 1 unspecified atom stereocenters. The van der Waals surface area contributed by atoms with Crippen molar-refractivity contribution in [2.75, 3.05) is 7.05 Å². The van der Waals surface area contributed by atoms with Gasteiger partial charge in [0.2, 0.25) is 0 Å². The fourth-order valence-electron chi connectivity index (χ4n) is 2.30. The minimum atomic E-state index is -0.184. The summed E-state index contributed by atoms with van der Waals surface area (Å²) in [4.78, 5) is 1.44. The van der Waals surface area contributed by atoms with E-state index in [4.69, 9.17) is 0 Å². The van der Waals surface area contributed by atoms with Gasteiger partial charge < -0.3 is 5.32 Å². The number of rotatable bonds is 7. The Morgan fingerprint density at radius 3 is 2.85 bits per heavy atom. The van der Waals surface area contributed by atoms with Crippen LogP contribution in [0.4, 0.5) is 4.39 Å². The van der Waals surface area contributed by atoms with Crippen molar-refractivity contribution in [1.29, 1.82) is 0 Å². The molecule has 0 aliphatic heterocycles. The second-order valence-corrected chi connectivity index (χ2v) is 6.70. The maximum atomic E-state index is 13.5. The highest BCUT2D eigenvalue weighted by molar-refractivity contribution is 9.10. The average Bonchev–Trinajstić information content (AvgIpc) is 2.95. The molecule has 0 fully saturated rings. The second kappa shape index (κ2) is 7.91. The molecule has 1 aromatic carbocycles. The topological polar surface area (TPSA) is 12.0 Å². The van der Waals surface area contributed by atoms with Gasteiger partial charge in [0.25, 0.3) is 0 Å². The summed E-state index contributed by atoms with van der Waals surface area (Å²) in [6.07, 6.45) is 4.22. The van der Waals surface area contributed by atoms with Gasteiger partial charge in [-0.25, -0.2) is 4.39 Å². The van der Waals surface area contributed by atoms with Gasteiger partial charge in [-0.15, -0.1) is 11.3 Å². The molecule has 0 saturated carbocycles. The molecule has 1 N–H and O–H groups in total. The fourth-order valence-corrected chi connectivity index (χ4v) is 3.48. The zero-order chi connectivity index (χ0) is 14.4. The molecule has 0 radical (unpaired) electrons. The van der Waals surface area contributed by atoms with Crippen LogP contribution in [0.2, 0.25) is 0 Å². The maximum Gasteiger partial charge on any atom is 0.137 e. The van der Waals surface area contributed by atoms with E-state index >= 15 is 0 Å². The van der Waals surface area contributed by atoms with Gasteiger partial charge in [0.05, 0.1) is 4.47 Å². The first-order valence-corrected chi connectivity index (χ1v) is 8.50. The fraction of sp³-hybridized carbons (Fsp3) is 0.375. The predicted molar refractivity (Wildman–Crippen MR) is 87.9 cm³/mol. The highest BCUT2D eigenvalue weighted by Crippen LogP contribution is 2.22. The van der Waals surface area contributed by atoms with Crippen molar-refractivity contribution >= 4 is 27.3 Å². The maximum absolute atomic E-state index is 13.5. The first-order chi connectivity index (χ1) is 9.70. The normalized spacial score (nSPS) is 12.6. The van der Waals surface area contributed by atoms with E-state index in [1.807, 2.05) is 24.5 Å². The standard InChI is InChI=1S/C16H19BrFNS/c1-19-13(6-3-7-14-8-4-10-20-14)11-12-5-2-9-15(18)16(12)17/h2,4-5,8-10,13,19H,3,6-7,11H2,1H3. The van der Waals surface area contributed by atoms with Crippen LogP contribution in [-0.4, -0.2) is 13.1 Å². The van der Waals surface area contributed by atoms with Crippen LogP contribution in [0.3, 0.4) is 0 Å². The summed E-state index contributed by atoms with van der Waals surface area (Å²) in [5, 5.41) is 5.46. The van der Waals surface area contributed by atoms with Crippen LogP contribution >= 0.6 is 27.3 Å². The van der Waals surface area contributed by atoms with Gasteiger partial charge in [0.15, 0.2) is 0 Å². The van der Waals surface area contributed by atoms with Gasteiger partial charge in [-0.1, -0.05) is 18.2 Å². The van der Waals surface area contributed by atoms with Crippen molar-refractivity contribution in [1.82, 2.24) is 5.32 Å². The Kier molecular flexibility index (Phi) is 6.20. The van der Waals surface area contributed by atoms with E-state index in [-0.39, 0.29) is 5.82 Å². The number of benzene rings is 1. The summed E-state index contributed by atoms with van der Waals surface area (Å²) in [5.41, 5.74) is 1.03. The van der Waals surface area contributed by atoms with E-state index < -0.39 is 0 Å². The zero-order valence-electron chi connectivity index (χ0n) is 11.5. The number of hydrogen-bond donors (Lipinski definition) is 1. The molecule has 108 valence electrons. The third-order valence-corrected chi connectivity index (χ3v) is 5.29. The highest BCUT2D eigenvalue weighted by Gasteiger charge is 2.11. The number of nitrogens with one attached hydrogen (secondary N) is 1. The summed E-state index contributed by atoms with van der Waals surface area (Å²) in [5.74, 6) is -0.184. The molecule has 0 amide bonds. The Balaban J connectivity index is 1.87. The Bertz CT molecular complexity index is 527. The lowest BCUT2D eigenvalue weighted by Gasteiger charge is -2.17. The lowest BCUT2D eigenvalue weighted by Crippen LogP contribution is -2.27. The summed E-state index contributed by atoms with van der Waals surface area (Å²) < 4.78 is 14.1. The lowest BCUT2D eigenvalue weighted by molar-refractivity contribution is 0.500. The Hall–Kier alpha value is -0.710. The monoisotopic (exact) mass is 355 g/mol. The minimum absolute atomic E-state index is 0.184. The number of hydrogen-bond acceptors (Lipinski definition) is 2. The molecular weight excluding hydrogens is 337 g/mol. The molecule has 2 rings (SSSR count). The van der Waals surface area contributed by atoms with E-state index in [2.05, 4.69) is 38.8 Å². The van der Waals surface area contributed by atoms with Crippen LogP contribution in [0.1, 0.15) is 23.3 Å². The van der Waals surface area contributed by atoms with Crippen molar-refractivity contribution in [3.63, 3.8) is 0 Å². The molecular formula is C16H19BrFNS. The van der Waals surface area contributed by atoms with Crippen molar-refractivity contribution in [3.8, 4) is 0 Å². The smallest absolute Gasteiger partial charge is 0.137 e. The highest BCUT2D eigenvalue weighted by atomic mass is 79.9. The summed E-state index contributed by atoms with van der Waals surface area (Å²) in [7, 11) is 1.98. The summed E-state index contributed by atoms with van der Waals surface area (Å²) in [6.45, 7) is 0. The van der Waals surface area contributed by atoms with E-state index in [9.17, 15) is 4.39 Å². The molecule has 1 nitrogen and oxygen atoms in total. The van der Waals surface area contributed by atoms with Crippen LogP contribution < -0.4 is 5.32 Å². The van der Waals surface area contributed by atoms with Crippen LogP contribution in [0, 0.1) is 5.82 Å². The minimum Gasteiger partial charge on any atom is -0.317 e. The average molecular weight is 356 g/mol. The number of aryl methyl sites for hydroxylation is 1.